The van der Waals surface area contributed by atoms with Crippen LogP contribution in [0.3, 0.4) is 0 Å². The van der Waals surface area contributed by atoms with Crippen LogP contribution in [0.25, 0.3) is 98.3 Å². The number of benzene rings is 7. The van der Waals surface area contributed by atoms with Gasteiger partial charge in [-0.25, -0.2) is 15.0 Å². The van der Waals surface area contributed by atoms with Crippen molar-refractivity contribution >= 4 is 58.9 Å². The summed E-state index contributed by atoms with van der Waals surface area (Å²) in [7, 11) is 0. The molecule has 4 nitrogen and oxygen atoms in total. The molecule has 0 spiro atoms. The SMILES string of the molecule is C=C/C=C\C=C(/C)c1nc(-c2ccccc2)nc(-c2cccc3c2sc2c3ccc3c4ccccc4n(-c4cccc(-c5ccc(-c6ccccc6)cc5)c4)c32)n1. The normalized spacial score (nSPS) is 12.1. The highest BCUT2D eigenvalue weighted by molar-refractivity contribution is 7.27. The summed E-state index contributed by atoms with van der Waals surface area (Å²) in [5, 5.41) is 4.85. The van der Waals surface area contributed by atoms with Gasteiger partial charge in [0.25, 0.3) is 0 Å². The lowest BCUT2D eigenvalue weighted by atomic mass is 10.00. The summed E-state index contributed by atoms with van der Waals surface area (Å²) in [5.41, 5.74) is 11.2. The van der Waals surface area contributed by atoms with Crippen molar-refractivity contribution in [1.29, 1.82) is 0 Å². The summed E-state index contributed by atoms with van der Waals surface area (Å²) in [6, 6.07) is 58.3. The zero-order valence-corrected chi connectivity index (χ0v) is 32.1. The Morgan fingerprint density at radius 1 is 0.526 bits per heavy atom. The van der Waals surface area contributed by atoms with E-state index in [1.165, 1.54) is 59.5 Å². The van der Waals surface area contributed by atoms with Gasteiger partial charge < -0.3 is 4.57 Å². The van der Waals surface area contributed by atoms with Gasteiger partial charge in [0.15, 0.2) is 17.5 Å². The number of para-hydroxylation sites is 1. The predicted molar refractivity (Wildman–Crippen MR) is 242 cm³/mol. The van der Waals surface area contributed by atoms with Crippen LogP contribution in [0.1, 0.15) is 12.7 Å². The van der Waals surface area contributed by atoms with Crippen LogP contribution in [0.5, 0.6) is 0 Å². The molecule has 10 aromatic rings. The van der Waals surface area contributed by atoms with E-state index in [1.807, 2.05) is 66.8 Å². The Labute approximate surface area is 335 Å². The van der Waals surface area contributed by atoms with Gasteiger partial charge in [-0.15, -0.1) is 11.3 Å². The number of fused-ring (bicyclic) bond motifs is 7. The molecule has 57 heavy (non-hydrogen) atoms. The van der Waals surface area contributed by atoms with Crippen molar-refractivity contribution in [2.24, 2.45) is 0 Å². The molecule has 10 rings (SSSR count). The second-order valence-corrected chi connectivity index (χ2v) is 15.1. The number of aromatic nitrogens is 4. The number of rotatable bonds is 8. The first kappa shape index (κ1) is 34.3. The van der Waals surface area contributed by atoms with Gasteiger partial charge in [-0.05, 0) is 59.0 Å². The Morgan fingerprint density at radius 3 is 1.93 bits per heavy atom. The van der Waals surface area contributed by atoms with E-state index in [2.05, 4.69) is 145 Å². The topological polar surface area (TPSA) is 43.6 Å². The third kappa shape index (κ3) is 6.15. The second kappa shape index (κ2) is 14.5. The third-order valence-electron chi connectivity index (χ3n) is 10.6. The van der Waals surface area contributed by atoms with E-state index in [9.17, 15) is 0 Å². The molecule has 0 atom stereocenters. The number of nitrogens with zero attached hydrogens (tertiary/aromatic N) is 4. The fourth-order valence-corrected chi connectivity index (χ4v) is 9.15. The zero-order chi connectivity index (χ0) is 38.3. The van der Waals surface area contributed by atoms with Gasteiger partial charge in [0, 0.05) is 43.1 Å². The van der Waals surface area contributed by atoms with Gasteiger partial charge in [0.05, 0.1) is 15.7 Å². The minimum absolute atomic E-state index is 0.641. The van der Waals surface area contributed by atoms with E-state index < -0.39 is 0 Å². The van der Waals surface area contributed by atoms with Crippen LogP contribution in [0.2, 0.25) is 0 Å². The van der Waals surface area contributed by atoms with Crippen molar-refractivity contribution in [3.05, 3.63) is 200 Å². The smallest absolute Gasteiger partial charge is 0.165 e. The number of hydrogen-bond donors (Lipinski definition) is 0. The summed E-state index contributed by atoms with van der Waals surface area (Å²) < 4.78 is 4.82. The predicted octanol–water partition coefficient (Wildman–Crippen LogP) is 14.2. The summed E-state index contributed by atoms with van der Waals surface area (Å²) in [6.07, 6.45) is 7.64. The molecule has 0 radical (unpaired) electrons. The molecule has 5 heteroatoms. The molecule has 3 aromatic heterocycles. The lowest BCUT2D eigenvalue weighted by molar-refractivity contribution is 1.03. The standard InChI is InChI=1S/C52H36N4S/c1-3-4-7-16-34(2)50-53-51(38-19-10-6-11-20-38)55-52(54-50)45-25-15-24-43-44-32-31-42-41-23-12-13-26-46(41)56(47(42)49(44)57-48(43)45)40-22-14-21-39(33-40)37-29-27-36(28-30-37)35-17-8-5-9-18-35/h3-33H,1H2,2H3/b7-4-,34-16+. The maximum absolute atomic E-state index is 5.11. The lowest BCUT2D eigenvalue weighted by Gasteiger charge is -2.11. The minimum atomic E-state index is 0.641. The number of allylic oxidation sites excluding steroid dienone is 5. The molecule has 0 unspecified atom stereocenters. The molecule has 0 bridgehead atoms. The molecule has 3 heterocycles. The Hall–Kier alpha value is -7.21. The molecule has 0 fully saturated rings. The van der Waals surface area contributed by atoms with Crippen molar-refractivity contribution in [2.75, 3.05) is 0 Å². The Kier molecular flexibility index (Phi) is 8.70. The number of thiophene rings is 1. The monoisotopic (exact) mass is 748 g/mol. The molecular formula is C52H36N4S. The van der Waals surface area contributed by atoms with Crippen LogP contribution in [0, 0.1) is 0 Å². The largest absolute Gasteiger partial charge is 0.308 e. The first-order chi connectivity index (χ1) is 28.1. The van der Waals surface area contributed by atoms with E-state index >= 15 is 0 Å². The van der Waals surface area contributed by atoms with Gasteiger partial charge in [0.2, 0.25) is 0 Å². The first-order valence-electron chi connectivity index (χ1n) is 19.1. The van der Waals surface area contributed by atoms with E-state index in [4.69, 9.17) is 15.0 Å². The molecule has 0 amide bonds. The highest BCUT2D eigenvalue weighted by Gasteiger charge is 2.21. The fraction of sp³-hybridized carbons (Fsp3) is 0.0192. The molecule has 0 saturated carbocycles. The van der Waals surface area contributed by atoms with Crippen LogP contribution in [-0.4, -0.2) is 19.5 Å². The first-order valence-corrected chi connectivity index (χ1v) is 19.9. The molecule has 0 aliphatic heterocycles. The maximum atomic E-state index is 5.11. The molecule has 270 valence electrons. The molecule has 7 aromatic carbocycles. The van der Waals surface area contributed by atoms with E-state index in [0.717, 1.165) is 27.1 Å². The fourth-order valence-electron chi connectivity index (χ4n) is 7.80. The van der Waals surface area contributed by atoms with Gasteiger partial charge in [0.1, 0.15) is 0 Å². The lowest BCUT2D eigenvalue weighted by Crippen LogP contribution is -2.02. The van der Waals surface area contributed by atoms with Crippen molar-refractivity contribution in [1.82, 2.24) is 19.5 Å². The Morgan fingerprint density at radius 2 is 1.14 bits per heavy atom. The van der Waals surface area contributed by atoms with Crippen LogP contribution in [0.4, 0.5) is 0 Å². The molecule has 0 aliphatic carbocycles. The highest BCUT2D eigenvalue weighted by atomic mass is 32.1. The average Bonchev–Trinajstić information content (AvgIpc) is 3.83. The summed E-state index contributed by atoms with van der Waals surface area (Å²) in [6.45, 7) is 5.84. The molecule has 0 saturated heterocycles. The van der Waals surface area contributed by atoms with Gasteiger partial charge >= 0.3 is 0 Å². The second-order valence-electron chi connectivity index (χ2n) is 14.1. The van der Waals surface area contributed by atoms with E-state index in [-0.39, 0.29) is 0 Å². The third-order valence-corrected chi connectivity index (χ3v) is 11.8. The van der Waals surface area contributed by atoms with Crippen molar-refractivity contribution in [3.8, 4) is 50.7 Å². The number of hydrogen-bond acceptors (Lipinski definition) is 4. The summed E-state index contributed by atoms with van der Waals surface area (Å²) in [5.74, 6) is 1.94. The van der Waals surface area contributed by atoms with Crippen molar-refractivity contribution < 1.29 is 0 Å². The molecular weight excluding hydrogens is 713 g/mol. The van der Waals surface area contributed by atoms with Gasteiger partial charge in [-0.2, -0.15) is 0 Å². The van der Waals surface area contributed by atoms with Crippen molar-refractivity contribution in [2.45, 2.75) is 6.92 Å². The highest BCUT2D eigenvalue weighted by Crippen LogP contribution is 2.45. The Bertz CT molecular complexity index is 3190. The van der Waals surface area contributed by atoms with Crippen LogP contribution < -0.4 is 0 Å². The minimum Gasteiger partial charge on any atom is -0.308 e. The van der Waals surface area contributed by atoms with Crippen LogP contribution >= 0.6 is 11.3 Å². The van der Waals surface area contributed by atoms with Crippen LogP contribution in [0.15, 0.2) is 195 Å². The quantitative estimate of drug-likeness (QED) is 0.145. The van der Waals surface area contributed by atoms with Crippen molar-refractivity contribution in [3.63, 3.8) is 0 Å². The molecule has 0 N–H and O–H groups in total. The van der Waals surface area contributed by atoms with Crippen LogP contribution in [-0.2, 0) is 0 Å². The van der Waals surface area contributed by atoms with E-state index in [0.29, 0.717) is 17.5 Å². The maximum Gasteiger partial charge on any atom is 0.165 e. The molecule has 0 aliphatic rings. The van der Waals surface area contributed by atoms with Gasteiger partial charge in [-0.3, -0.25) is 0 Å². The Balaban J connectivity index is 1.17. The summed E-state index contributed by atoms with van der Waals surface area (Å²) >= 11 is 1.81. The zero-order valence-electron chi connectivity index (χ0n) is 31.3. The van der Waals surface area contributed by atoms with Gasteiger partial charge in [-0.1, -0.05) is 170 Å². The van der Waals surface area contributed by atoms with E-state index in [1.54, 1.807) is 6.08 Å². The summed E-state index contributed by atoms with van der Waals surface area (Å²) in [4.78, 5) is 15.2. The average molecular weight is 749 g/mol.